The summed E-state index contributed by atoms with van der Waals surface area (Å²) in [5, 5.41) is 3.10. The van der Waals surface area contributed by atoms with Crippen LogP contribution >= 0.6 is 0 Å². The number of fused-ring (bicyclic) bond motifs is 1. The lowest BCUT2D eigenvalue weighted by atomic mass is 10.1. The number of hydrogen-bond donors (Lipinski definition) is 2. The zero-order valence-electron chi connectivity index (χ0n) is 16.4. The number of anilines is 3. The van der Waals surface area contributed by atoms with Crippen LogP contribution in [-0.2, 0) is 22.6 Å². The van der Waals surface area contributed by atoms with Gasteiger partial charge in [0.2, 0.25) is 11.9 Å². The summed E-state index contributed by atoms with van der Waals surface area (Å²) in [6.07, 6.45) is 0.0888. The molecule has 2 heterocycles. The topological polar surface area (TPSA) is 121 Å². The van der Waals surface area contributed by atoms with E-state index in [1.807, 2.05) is 31.2 Å². The maximum absolute atomic E-state index is 12.2. The average Bonchev–Trinajstić information content (AvgIpc) is 2.73. The molecular formula is C21H21N5O4. The zero-order valence-corrected chi connectivity index (χ0v) is 16.4. The molecule has 0 spiro atoms. The van der Waals surface area contributed by atoms with Crippen molar-refractivity contribution in [2.24, 2.45) is 0 Å². The van der Waals surface area contributed by atoms with Crippen molar-refractivity contribution in [3.05, 3.63) is 59.4 Å². The normalized spacial score (nSPS) is 12.3. The maximum atomic E-state index is 12.2. The van der Waals surface area contributed by atoms with Crippen LogP contribution in [0.5, 0.6) is 11.5 Å². The number of aromatic nitrogens is 3. The van der Waals surface area contributed by atoms with Gasteiger partial charge in [0.15, 0.2) is 23.9 Å². The van der Waals surface area contributed by atoms with Gasteiger partial charge in [0.1, 0.15) is 13.2 Å². The van der Waals surface area contributed by atoms with Crippen LogP contribution < -0.4 is 20.5 Å². The van der Waals surface area contributed by atoms with Gasteiger partial charge >= 0.3 is 5.97 Å². The Kier molecular flexibility index (Phi) is 5.60. The molecule has 1 aliphatic rings. The van der Waals surface area contributed by atoms with Crippen LogP contribution in [0.1, 0.15) is 17.0 Å². The van der Waals surface area contributed by atoms with Crippen molar-refractivity contribution < 1.29 is 19.0 Å². The standard InChI is InChI=1S/C21H21N5O4/c1-13-4-2-3-5-15(13)23-21-25-18(24-20(22)26-21)12-30-19(27)11-14-6-7-16-17(10-14)29-9-8-28-16/h2-7,10H,8-9,11-12H2,1H3,(H3,22,23,24,25,26). The van der Waals surface area contributed by atoms with Gasteiger partial charge in [-0.1, -0.05) is 24.3 Å². The number of rotatable bonds is 6. The number of nitrogens with zero attached hydrogens (tertiary/aromatic N) is 3. The van der Waals surface area contributed by atoms with Crippen LogP contribution in [0.3, 0.4) is 0 Å². The molecule has 0 saturated carbocycles. The van der Waals surface area contributed by atoms with Gasteiger partial charge in [-0.3, -0.25) is 4.79 Å². The summed E-state index contributed by atoms with van der Waals surface area (Å²) >= 11 is 0. The number of nitrogens with two attached hydrogens (primary N) is 1. The highest BCUT2D eigenvalue weighted by Gasteiger charge is 2.14. The van der Waals surface area contributed by atoms with E-state index in [9.17, 15) is 4.79 Å². The fraction of sp³-hybridized carbons (Fsp3) is 0.238. The van der Waals surface area contributed by atoms with E-state index in [2.05, 4.69) is 20.3 Å². The first-order chi connectivity index (χ1) is 14.6. The minimum absolute atomic E-state index is 0.0407. The van der Waals surface area contributed by atoms with E-state index in [0.29, 0.717) is 24.7 Å². The summed E-state index contributed by atoms with van der Waals surface area (Å²) in [6.45, 7) is 2.86. The van der Waals surface area contributed by atoms with Gasteiger partial charge in [-0.2, -0.15) is 15.0 Å². The molecule has 9 nitrogen and oxygen atoms in total. The fourth-order valence-corrected chi connectivity index (χ4v) is 2.95. The lowest BCUT2D eigenvalue weighted by Gasteiger charge is -2.18. The molecule has 1 aliphatic heterocycles. The SMILES string of the molecule is Cc1ccccc1Nc1nc(N)nc(COC(=O)Cc2ccc3c(c2)OCCO3)n1. The number of carbonyl (C=O) groups is 1. The first kappa shape index (κ1) is 19.4. The lowest BCUT2D eigenvalue weighted by Crippen LogP contribution is -2.16. The second kappa shape index (κ2) is 8.64. The Morgan fingerprint density at radius 1 is 1.10 bits per heavy atom. The van der Waals surface area contributed by atoms with E-state index in [1.54, 1.807) is 18.2 Å². The Hall–Kier alpha value is -3.88. The second-order valence-corrected chi connectivity index (χ2v) is 6.69. The molecule has 2 aromatic carbocycles. The summed E-state index contributed by atoms with van der Waals surface area (Å²) < 4.78 is 16.3. The van der Waals surface area contributed by atoms with E-state index >= 15 is 0 Å². The number of nitrogens with one attached hydrogen (secondary N) is 1. The summed E-state index contributed by atoms with van der Waals surface area (Å²) in [4.78, 5) is 24.6. The highest BCUT2D eigenvalue weighted by atomic mass is 16.6. The van der Waals surface area contributed by atoms with Crippen molar-refractivity contribution in [2.75, 3.05) is 24.3 Å². The molecule has 0 aliphatic carbocycles. The highest BCUT2D eigenvalue weighted by molar-refractivity contribution is 5.73. The van der Waals surface area contributed by atoms with Crippen molar-refractivity contribution in [3.63, 3.8) is 0 Å². The van der Waals surface area contributed by atoms with E-state index in [1.165, 1.54) is 0 Å². The van der Waals surface area contributed by atoms with E-state index in [0.717, 1.165) is 16.8 Å². The number of hydrogen-bond acceptors (Lipinski definition) is 9. The number of aryl methyl sites for hydroxylation is 1. The largest absolute Gasteiger partial charge is 0.486 e. The monoisotopic (exact) mass is 407 g/mol. The van der Waals surface area contributed by atoms with Crippen molar-refractivity contribution in [1.82, 2.24) is 15.0 Å². The third kappa shape index (κ3) is 4.75. The number of para-hydroxylation sites is 1. The smallest absolute Gasteiger partial charge is 0.310 e. The molecule has 30 heavy (non-hydrogen) atoms. The van der Waals surface area contributed by atoms with Crippen molar-refractivity contribution in [2.45, 2.75) is 20.0 Å². The van der Waals surface area contributed by atoms with Crippen LogP contribution in [-0.4, -0.2) is 34.1 Å². The van der Waals surface area contributed by atoms with E-state index in [4.69, 9.17) is 19.9 Å². The third-order valence-corrected chi connectivity index (χ3v) is 4.41. The van der Waals surface area contributed by atoms with Gasteiger partial charge in [0.25, 0.3) is 0 Å². The Morgan fingerprint density at radius 3 is 2.73 bits per heavy atom. The number of benzene rings is 2. The molecule has 4 rings (SSSR count). The summed E-state index contributed by atoms with van der Waals surface area (Å²) in [7, 11) is 0. The molecule has 154 valence electrons. The van der Waals surface area contributed by atoms with E-state index in [-0.39, 0.29) is 30.7 Å². The minimum atomic E-state index is -0.418. The van der Waals surface area contributed by atoms with Crippen LogP contribution in [0.25, 0.3) is 0 Å². The van der Waals surface area contributed by atoms with Gasteiger partial charge in [0.05, 0.1) is 6.42 Å². The lowest BCUT2D eigenvalue weighted by molar-refractivity contribution is -0.144. The predicted molar refractivity (Wildman–Crippen MR) is 110 cm³/mol. The molecular weight excluding hydrogens is 386 g/mol. The molecule has 0 amide bonds. The Balaban J connectivity index is 1.38. The zero-order chi connectivity index (χ0) is 20.9. The molecule has 9 heteroatoms. The van der Waals surface area contributed by atoms with E-state index < -0.39 is 5.97 Å². The minimum Gasteiger partial charge on any atom is -0.486 e. The Labute approximate surface area is 173 Å². The Morgan fingerprint density at radius 2 is 1.90 bits per heavy atom. The van der Waals surface area contributed by atoms with Crippen LogP contribution in [0.2, 0.25) is 0 Å². The van der Waals surface area contributed by atoms with Gasteiger partial charge in [-0.05, 0) is 36.2 Å². The molecule has 3 N–H and O–H groups in total. The van der Waals surface area contributed by atoms with Crippen molar-refractivity contribution in [3.8, 4) is 11.5 Å². The third-order valence-electron chi connectivity index (χ3n) is 4.41. The Bertz CT molecular complexity index is 1070. The molecule has 1 aromatic heterocycles. The van der Waals surface area contributed by atoms with Gasteiger partial charge in [0, 0.05) is 5.69 Å². The van der Waals surface area contributed by atoms with Crippen LogP contribution in [0, 0.1) is 6.92 Å². The molecule has 0 fully saturated rings. The molecule has 0 unspecified atom stereocenters. The maximum Gasteiger partial charge on any atom is 0.310 e. The van der Waals surface area contributed by atoms with Crippen molar-refractivity contribution >= 4 is 23.6 Å². The average molecular weight is 407 g/mol. The fourth-order valence-electron chi connectivity index (χ4n) is 2.95. The predicted octanol–water partition coefficient (Wildman–Crippen LogP) is 2.56. The van der Waals surface area contributed by atoms with Crippen LogP contribution in [0.15, 0.2) is 42.5 Å². The number of nitrogen functional groups attached to an aromatic ring is 1. The number of carbonyl (C=O) groups excluding carboxylic acids is 1. The molecule has 0 bridgehead atoms. The molecule has 0 atom stereocenters. The molecule has 3 aromatic rings. The highest BCUT2D eigenvalue weighted by Crippen LogP contribution is 2.31. The first-order valence-corrected chi connectivity index (χ1v) is 9.44. The molecule has 0 saturated heterocycles. The van der Waals surface area contributed by atoms with Crippen LogP contribution in [0.4, 0.5) is 17.6 Å². The quantitative estimate of drug-likeness (QED) is 0.594. The summed E-state index contributed by atoms with van der Waals surface area (Å²) in [6, 6.07) is 13.1. The number of ether oxygens (including phenoxy) is 3. The first-order valence-electron chi connectivity index (χ1n) is 9.44. The summed E-state index contributed by atoms with van der Waals surface area (Å²) in [5.41, 5.74) is 8.43. The summed E-state index contributed by atoms with van der Waals surface area (Å²) in [5.74, 6) is 1.47. The number of esters is 1. The second-order valence-electron chi connectivity index (χ2n) is 6.69. The van der Waals surface area contributed by atoms with Gasteiger partial charge in [-0.25, -0.2) is 0 Å². The van der Waals surface area contributed by atoms with Crippen molar-refractivity contribution in [1.29, 1.82) is 0 Å². The molecule has 0 radical (unpaired) electrons. The van der Waals surface area contributed by atoms with Gasteiger partial charge in [-0.15, -0.1) is 0 Å². The van der Waals surface area contributed by atoms with Gasteiger partial charge < -0.3 is 25.3 Å².